The highest BCUT2D eigenvalue weighted by molar-refractivity contribution is 7.13. The normalized spacial score (nSPS) is 15.6. The van der Waals surface area contributed by atoms with Gasteiger partial charge in [-0.1, -0.05) is 29.4 Å². The number of piperidine rings is 1. The third kappa shape index (κ3) is 4.45. The lowest BCUT2D eigenvalue weighted by molar-refractivity contribution is -0.126. The summed E-state index contributed by atoms with van der Waals surface area (Å²) >= 11 is 1.54. The third-order valence-electron chi connectivity index (χ3n) is 4.93. The molecule has 1 aliphatic rings. The van der Waals surface area contributed by atoms with Gasteiger partial charge in [0, 0.05) is 18.0 Å². The fourth-order valence-electron chi connectivity index (χ4n) is 3.36. The maximum atomic E-state index is 13.8. The second-order valence-electron chi connectivity index (χ2n) is 6.85. The van der Waals surface area contributed by atoms with Crippen molar-refractivity contribution in [3.63, 3.8) is 0 Å². The molecule has 4 rings (SSSR count). The number of nitrogens with one attached hydrogen (secondary N) is 1. The second kappa shape index (κ2) is 8.62. The van der Waals surface area contributed by atoms with Crippen LogP contribution in [0, 0.1) is 11.7 Å². The van der Waals surface area contributed by atoms with Crippen LogP contribution in [0.4, 0.5) is 4.39 Å². The average molecular weight is 400 g/mol. The molecule has 3 heterocycles. The van der Waals surface area contributed by atoms with Gasteiger partial charge in [-0.25, -0.2) is 4.39 Å². The van der Waals surface area contributed by atoms with E-state index < -0.39 is 0 Å². The summed E-state index contributed by atoms with van der Waals surface area (Å²) in [5.41, 5.74) is 0.698. The minimum atomic E-state index is -0.177. The third-order valence-corrected chi connectivity index (χ3v) is 5.80. The molecule has 0 atom stereocenters. The summed E-state index contributed by atoms with van der Waals surface area (Å²) < 4.78 is 19.0. The van der Waals surface area contributed by atoms with Crippen LogP contribution in [0.5, 0.6) is 0 Å². The smallest absolute Gasteiger partial charge is 0.246 e. The highest BCUT2D eigenvalue weighted by Gasteiger charge is 2.25. The lowest BCUT2D eigenvalue weighted by Crippen LogP contribution is -2.40. The maximum absolute atomic E-state index is 13.8. The minimum absolute atomic E-state index is 0.00131. The lowest BCUT2D eigenvalue weighted by atomic mass is 9.95. The van der Waals surface area contributed by atoms with Crippen molar-refractivity contribution in [2.24, 2.45) is 5.92 Å². The topological polar surface area (TPSA) is 71.3 Å². The molecule has 0 radical (unpaired) electrons. The summed E-state index contributed by atoms with van der Waals surface area (Å²) in [6, 6.07) is 10.7. The van der Waals surface area contributed by atoms with Gasteiger partial charge in [-0.2, -0.15) is 4.98 Å². The van der Waals surface area contributed by atoms with Crippen molar-refractivity contribution in [1.82, 2.24) is 20.4 Å². The maximum Gasteiger partial charge on any atom is 0.246 e. The molecule has 1 aliphatic heterocycles. The quantitative estimate of drug-likeness (QED) is 0.686. The SMILES string of the molecule is O=C(NCc1nc(-c2cccs2)no1)C1CCN(Cc2ccccc2F)CC1. The Kier molecular flexibility index (Phi) is 5.78. The molecule has 0 bridgehead atoms. The van der Waals surface area contributed by atoms with E-state index in [2.05, 4.69) is 20.4 Å². The summed E-state index contributed by atoms with van der Waals surface area (Å²) in [6.45, 7) is 2.35. The number of thiophene rings is 1. The first kappa shape index (κ1) is 18.8. The van der Waals surface area contributed by atoms with Crippen molar-refractivity contribution < 1.29 is 13.7 Å². The van der Waals surface area contributed by atoms with Gasteiger partial charge in [-0.15, -0.1) is 11.3 Å². The van der Waals surface area contributed by atoms with E-state index in [1.807, 2.05) is 29.6 Å². The Labute approximate surface area is 166 Å². The number of hydrogen-bond donors (Lipinski definition) is 1. The van der Waals surface area contributed by atoms with Crippen LogP contribution < -0.4 is 5.32 Å². The molecule has 8 heteroatoms. The first-order chi connectivity index (χ1) is 13.7. The number of carbonyl (C=O) groups excluding carboxylic acids is 1. The van der Waals surface area contributed by atoms with Crippen molar-refractivity contribution in [2.75, 3.05) is 13.1 Å². The Bertz CT molecular complexity index is 920. The summed E-state index contributed by atoms with van der Waals surface area (Å²) in [5, 5.41) is 8.78. The van der Waals surface area contributed by atoms with E-state index >= 15 is 0 Å². The summed E-state index contributed by atoms with van der Waals surface area (Å²) in [6.07, 6.45) is 1.51. The fraction of sp³-hybridized carbons (Fsp3) is 0.350. The Morgan fingerprint density at radius 3 is 2.82 bits per heavy atom. The summed E-state index contributed by atoms with van der Waals surface area (Å²) in [5.74, 6) is 0.719. The molecule has 2 aromatic heterocycles. The van der Waals surface area contributed by atoms with Crippen LogP contribution in [0.1, 0.15) is 24.3 Å². The van der Waals surface area contributed by atoms with E-state index in [-0.39, 0.29) is 24.2 Å². The van der Waals surface area contributed by atoms with Gasteiger partial charge in [-0.3, -0.25) is 9.69 Å². The number of carbonyl (C=O) groups is 1. The minimum Gasteiger partial charge on any atom is -0.347 e. The summed E-state index contributed by atoms with van der Waals surface area (Å²) in [4.78, 5) is 19.9. The van der Waals surface area contributed by atoms with E-state index in [0.29, 0.717) is 23.8 Å². The number of hydrogen-bond acceptors (Lipinski definition) is 6. The first-order valence-electron chi connectivity index (χ1n) is 9.29. The molecule has 1 fully saturated rings. The van der Waals surface area contributed by atoms with Gasteiger partial charge in [-0.05, 0) is 43.4 Å². The molecule has 1 N–H and O–H groups in total. The van der Waals surface area contributed by atoms with Crippen molar-refractivity contribution in [2.45, 2.75) is 25.9 Å². The van der Waals surface area contributed by atoms with E-state index in [4.69, 9.17) is 4.52 Å². The lowest BCUT2D eigenvalue weighted by Gasteiger charge is -2.31. The van der Waals surface area contributed by atoms with E-state index in [1.165, 1.54) is 17.4 Å². The Balaban J connectivity index is 1.24. The number of amides is 1. The molecule has 0 spiro atoms. The van der Waals surface area contributed by atoms with Crippen LogP contribution in [0.25, 0.3) is 10.7 Å². The van der Waals surface area contributed by atoms with Crippen LogP contribution in [-0.4, -0.2) is 34.0 Å². The molecule has 1 saturated heterocycles. The number of rotatable bonds is 6. The van der Waals surface area contributed by atoms with Crippen molar-refractivity contribution >= 4 is 17.2 Å². The van der Waals surface area contributed by atoms with Gasteiger partial charge >= 0.3 is 0 Å². The largest absolute Gasteiger partial charge is 0.347 e. The summed E-state index contributed by atoms with van der Waals surface area (Å²) in [7, 11) is 0. The average Bonchev–Trinajstić information content (AvgIpc) is 3.40. The van der Waals surface area contributed by atoms with Gasteiger partial charge in [0.15, 0.2) is 0 Å². The van der Waals surface area contributed by atoms with E-state index in [0.717, 1.165) is 30.8 Å². The van der Waals surface area contributed by atoms with Crippen molar-refractivity contribution in [3.8, 4) is 10.7 Å². The fourth-order valence-corrected chi connectivity index (χ4v) is 4.01. The van der Waals surface area contributed by atoms with E-state index in [9.17, 15) is 9.18 Å². The molecule has 0 unspecified atom stereocenters. The van der Waals surface area contributed by atoms with Gasteiger partial charge in [0.25, 0.3) is 0 Å². The highest BCUT2D eigenvalue weighted by atomic mass is 32.1. The van der Waals surface area contributed by atoms with Gasteiger partial charge in [0.05, 0.1) is 11.4 Å². The number of nitrogens with zero attached hydrogens (tertiary/aromatic N) is 3. The molecule has 3 aromatic rings. The van der Waals surface area contributed by atoms with Gasteiger partial charge < -0.3 is 9.84 Å². The monoisotopic (exact) mass is 400 g/mol. The Morgan fingerprint density at radius 2 is 2.07 bits per heavy atom. The number of aromatic nitrogens is 2. The number of likely N-dealkylation sites (tertiary alicyclic amines) is 1. The van der Waals surface area contributed by atoms with Gasteiger partial charge in [0.2, 0.25) is 17.6 Å². The predicted octanol–water partition coefficient (Wildman–Crippen LogP) is 3.47. The molecule has 1 amide bonds. The van der Waals surface area contributed by atoms with Crippen molar-refractivity contribution in [3.05, 3.63) is 59.0 Å². The van der Waals surface area contributed by atoms with Crippen LogP contribution in [0.15, 0.2) is 46.3 Å². The van der Waals surface area contributed by atoms with Crippen LogP contribution in [0.2, 0.25) is 0 Å². The molecular formula is C20H21FN4O2S. The zero-order valence-electron chi connectivity index (χ0n) is 15.3. The van der Waals surface area contributed by atoms with Gasteiger partial charge in [0.1, 0.15) is 5.82 Å². The van der Waals surface area contributed by atoms with E-state index in [1.54, 1.807) is 6.07 Å². The molecule has 0 aliphatic carbocycles. The zero-order valence-corrected chi connectivity index (χ0v) is 16.1. The molecule has 6 nitrogen and oxygen atoms in total. The highest BCUT2D eigenvalue weighted by Crippen LogP contribution is 2.22. The Morgan fingerprint density at radius 1 is 1.25 bits per heavy atom. The second-order valence-corrected chi connectivity index (χ2v) is 7.80. The predicted molar refractivity (Wildman–Crippen MR) is 104 cm³/mol. The number of halogens is 1. The molecule has 146 valence electrons. The van der Waals surface area contributed by atoms with Crippen LogP contribution in [0.3, 0.4) is 0 Å². The molecule has 28 heavy (non-hydrogen) atoms. The molecular weight excluding hydrogens is 379 g/mol. The standard InChI is InChI=1S/C20H21FN4O2S/c21-16-5-2-1-4-15(16)13-25-9-7-14(8-10-25)20(26)22-12-18-23-19(24-27-18)17-6-3-11-28-17/h1-6,11,14H,7-10,12-13H2,(H,22,26). The molecule has 0 saturated carbocycles. The van der Waals surface area contributed by atoms with Crippen molar-refractivity contribution in [1.29, 1.82) is 0 Å². The number of benzene rings is 1. The first-order valence-corrected chi connectivity index (χ1v) is 10.2. The molecule has 1 aromatic carbocycles. The van der Waals surface area contributed by atoms with Crippen LogP contribution in [-0.2, 0) is 17.9 Å². The van der Waals surface area contributed by atoms with Crippen LogP contribution >= 0.6 is 11.3 Å². The zero-order chi connectivity index (χ0) is 19.3. The Hall–Kier alpha value is -2.58.